The fraction of sp³-hybridized carbons (Fsp3) is 0.300. The lowest BCUT2D eigenvalue weighted by Crippen LogP contribution is -2.33. The van der Waals surface area contributed by atoms with E-state index in [1.54, 1.807) is 6.92 Å². The Morgan fingerprint density at radius 2 is 1.49 bits per heavy atom. The van der Waals surface area contributed by atoms with Crippen LogP contribution >= 0.6 is 0 Å². The van der Waals surface area contributed by atoms with E-state index in [0.717, 1.165) is 0 Å². The Hall–Kier alpha value is -5.14. The molecule has 0 unspecified atom stereocenters. The maximum absolute atomic E-state index is 11.6. The summed E-state index contributed by atoms with van der Waals surface area (Å²) in [5.74, 6) is 0.157. The van der Waals surface area contributed by atoms with Crippen molar-refractivity contribution in [2.75, 3.05) is 18.1 Å². The highest BCUT2D eigenvalue weighted by Crippen LogP contribution is 2.27. The molecule has 39 heavy (non-hydrogen) atoms. The minimum absolute atomic E-state index is 0.0783. The predicted molar refractivity (Wildman–Crippen MR) is 136 cm³/mol. The van der Waals surface area contributed by atoms with E-state index in [2.05, 4.69) is 44.9 Å². The number of nitrogens with two attached hydrogens (primary N) is 2. The third-order valence-corrected chi connectivity index (χ3v) is 5.47. The number of aliphatic hydroxyl groups excluding tert-OH is 2. The number of anilines is 2. The van der Waals surface area contributed by atoms with E-state index >= 15 is 0 Å². The number of H-pyrrole nitrogens is 5. The van der Waals surface area contributed by atoms with Gasteiger partial charge < -0.3 is 36.4 Å². The van der Waals surface area contributed by atoms with Crippen LogP contribution in [0.3, 0.4) is 0 Å². The first-order valence-electron chi connectivity index (χ1n) is 11.2. The van der Waals surface area contributed by atoms with Crippen LogP contribution in [0.1, 0.15) is 18.2 Å². The second kappa shape index (κ2) is 11.1. The smallest absolute Gasteiger partial charge is 0.330 e. The summed E-state index contributed by atoms with van der Waals surface area (Å²) in [6.07, 6.45) is 2.21. The molecule has 0 amide bonds. The van der Waals surface area contributed by atoms with Gasteiger partial charge in [0.15, 0.2) is 22.3 Å². The molecule has 0 spiro atoms. The van der Waals surface area contributed by atoms with E-state index < -0.39 is 29.7 Å². The second-order valence-corrected chi connectivity index (χ2v) is 8.20. The average molecular weight is 544 g/mol. The number of aromatic nitrogens is 10. The van der Waals surface area contributed by atoms with Gasteiger partial charge in [-0.3, -0.25) is 33.9 Å². The monoisotopic (exact) mass is 544 g/mol. The molecule has 1 fully saturated rings. The van der Waals surface area contributed by atoms with E-state index in [0.29, 0.717) is 27.9 Å². The average Bonchev–Trinajstić information content (AvgIpc) is 3.62. The number of nitrogens with zero attached hydrogens (tertiary/aromatic N) is 5. The van der Waals surface area contributed by atoms with Crippen molar-refractivity contribution in [1.29, 1.82) is 0 Å². The maximum atomic E-state index is 11.6. The Morgan fingerprint density at radius 1 is 0.949 bits per heavy atom. The Morgan fingerprint density at radius 3 is 1.97 bits per heavy atom. The molecule has 5 aromatic heterocycles. The van der Waals surface area contributed by atoms with Crippen molar-refractivity contribution in [3.8, 4) is 0 Å². The molecule has 0 bridgehead atoms. The number of nitrogen functional groups attached to an aromatic ring is 2. The van der Waals surface area contributed by atoms with E-state index in [-0.39, 0.29) is 36.0 Å². The quantitative estimate of drug-likeness (QED) is 0.107. The Labute approximate surface area is 215 Å². The van der Waals surface area contributed by atoms with Gasteiger partial charge in [-0.2, -0.15) is 9.97 Å². The van der Waals surface area contributed by atoms with Crippen LogP contribution in [0.4, 0.5) is 11.9 Å². The predicted octanol–water partition coefficient (Wildman–Crippen LogP) is -3.06. The fourth-order valence-electron chi connectivity index (χ4n) is 3.57. The molecule has 19 heteroatoms. The van der Waals surface area contributed by atoms with Gasteiger partial charge >= 0.3 is 5.69 Å². The molecule has 0 radical (unpaired) electrons. The molecule has 6 heterocycles. The number of aliphatic hydroxyl groups is 2. The molecule has 206 valence electrons. The number of aromatic amines is 5. The first-order valence-corrected chi connectivity index (χ1v) is 11.2. The summed E-state index contributed by atoms with van der Waals surface area (Å²) >= 11 is 0. The zero-order valence-corrected chi connectivity index (χ0v) is 20.2. The number of aryl methyl sites for hydroxylation is 1. The maximum Gasteiger partial charge on any atom is 0.330 e. The molecule has 11 N–H and O–H groups in total. The van der Waals surface area contributed by atoms with Crippen LogP contribution in [0.25, 0.3) is 22.3 Å². The van der Waals surface area contributed by atoms with Gasteiger partial charge in [0.25, 0.3) is 16.7 Å². The molecule has 0 aromatic carbocycles. The van der Waals surface area contributed by atoms with Crippen molar-refractivity contribution in [3.05, 3.63) is 66.0 Å². The molecular weight excluding hydrogens is 520 g/mol. The van der Waals surface area contributed by atoms with Crippen molar-refractivity contribution >= 4 is 34.2 Å². The highest BCUT2D eigenvalue weighted by Gasteiger charge is 2.34. The van der Waals surface area contributed by atoms with E-state index in [1.165, 1.54) is 23.4 Å². The zero-order valence-electron chi connectivity index (χ0n) is 20.2. The van der Waals surface area contributed by atoms with E-state index in [1.807, 2.05) is 0 Å². The number of hydrogen-bond acceptors (Lipinski definition) is 13. The van der Waals surface area contributed by atoms with Crippen molar-refractivity contribution < 1.29 is 14.9 Å². The standard InChI is InChI=1S/C10H14N2O5.2C5H5N5O/c1-5-3-12(10(16)11-9(5)15)8-2-6(14)7(4-13)17-8;2*6-5-9-3-2(4(11)10-5)7-1-8-3/h3,6-8,13-14H,2,4H2,1H3,(H,11,15,16);2*1H,(H4,6,7,8,9,10,11)/t6-,7+,8+;;/m0../s1. The third-order valence-electron chi connectivity index (χ3n) is 5.47. The summed E-state index contributed by atoms with van der Waals surface area (Å²) < 4.78 is 6.54. The molecular formula is C20H24N12O7. The lowest BCUT2D eigenvalue weighted by atomic mass is 10.2. The third kappa shape index (κ3) is 5.89. The van der Waals surface area contributed by atoms with Gasteiger partial charge in [-0.25, -0.2) is 14.8 Å². The molecule has 1 aliphatic rings. The number of imidazole rings is 2. The molecule has 0 saturated carbocycles. The summed E-state index contributed by atoms with van der Waals surface area (Å²) in [4.78, 5) is 72.0. The number of nitrogens with one attached hydrogen (secondary N) is 5. The Bertz CT molecular complexity index is 1740. The van der Waals surface area contributed by atoms with Crippen LogP contribution in [0.15, 0.2) is 38.0 Å². The fourth-order valence-corrected chi connectivity index (χ4v) is 3.57. The minimum Gasteiger partial charge on any atom is -0.394 e. The second-order valence-electron chi connectivity index (χ2n) is 8.20. The van der Waals surface area contributed by atoms with Crippen molar-refractivity contribution in [1.82, 2.24) is 49.4 Å². The summed E-state index contributed by atoms with van der Waals surface area (Å²) in [5, 5.41) is 18.5. The van der Waals surface area contributed by atoms with Crippen LogP contribution in [0, 0.1) is 6.92 Å². The van der Waals surface area contributed by atoms with Gasteiger partial charge in [-0.15, -0.1) is 0 Å². The van der Waals surface area contributed by atoms with Crippen molar-refractivity contribution in [3.63, 3.8) is 0 Å². The van der Waals surface area contributed by atoms with Crippen molar-refractivity contribution in [2.24, 2.45) is 0 Å². The van der Waals surface area contributed by atoms with Crippen LogP contribution < -0.4 is 33.8 Å². The van der Waals surface area contributed by atoms with Gasteiger partial charge in [-0.05, 0) is 6.92 Å². The molecule has 6 rings (SSSR count). The van der Waals surface area contributed by atoms with Crippen LogP contribution in [0.5, 0.6) is 0 Å². The number of hydrogen-bond donors (Lipinski definition) is 9. The van der Waals surface area contributed by atoms with Gasteiger partial charge in [-0.1, -0.05) is 0 Å². The largest absolute Gasteiger partial charge is 0.394 e. The zero-order chi connectivity index (χ0) is 28.3. The molecule has 1 aliphatic heterocycles. The van der Waals surface area contributed by atoms with Gasteiger partial charge in [0.2, 0.25) is 11.9 Å². The first kappa shape index (κ1) is 26.9. The number of ether oxygens (including phenoxy) is 1. The van der Waals surface area contributed by atoms with Crippen LogP contribution in [0.2, 0.25) is 0 Å². The summed E-state index contributed by atoms with van der Waals surface area (Å²) in [7, 11) is 0. The van der Waals surface area contributed by atoms with Gasteiger partial charge in [0.1, 0.15) is 12.3 Å². The molecule has 19 nitrogen and oxygen atoms in total. The van der Waals surface area contributed by atoms with Crippen LogP contribution in [-0.2, 0) is 4.74 Å². The topological polar surface area (TPSA) is 305 Å². The lowest BCUT2D eigenvalue weighted by molar-refractivity contribution is -0.0459. The number of rotatable bonds is 2. The van der Waals surface area contributed by atoms with Crippen LogP contribution in [-0.4, -0.2) is 78.5 Å². The summed E-state index contributed by atoms with van der Waals surface area (Å²) in [6, 6.07) is 0. The van der Waals surface area contributed by atoms with E-state index in [4.69, 9.17) is 21.3 Å². The van der Waals surface area contributed by atoms with Gasteiger partial charge in [0, 0.05) is 18.2 Å². The Kier molecular flexibility index (Phi) is 7.65. The molecule has 0 aliphatic carbocycles. The molecule has 5 aromatic rings. The molecule has 3 atom stereocenters. The minimum atomic E-state index is -0.816. The normalized spacial score (nSPS) is 18.4. The highest BCUT2D eigenvalue weighted by atomic mass is 16.5. The van der Waals surface area contributed by atoms with E-state index in [9.17, 15) is 24.3 Å². The summed E-state index contributed by atoms with van der Waals surface area (Å²) in [5.41, 5.74) is 10.7. The number of fused-ring (bicyclic) bond motifs is 2. The molecule has 1 saturated heterocycles. The lowest BCUT2D eigenvalue weighted by Gasteiger charge is -2.14. The SMILES string of the molecule is Cc1cn([C@H]2C[C@H](O)[C@@H](CO)O2)c(=O)[nH]c1=O.Nc1nc2nc[nH]c2c(=O)[nH]1.Nc1nc2nc[nH]c2c(=O)[nH]1. The summed E-state index contributed by atoms with van der Waals surface area (Å²) in [6.45, 7) is 1.26. The first-order chi connectivity index (χ1) is 18.6. The Balaban J connectivity index is 0.000000141. The van der Waals surface area contributed by atoms with Crippen molar-refractivity contribution in [2.45, 2.75) is 31.8 Å². The van der Waals surface area contributed by atoms with Gasteiger partial charge in [0.05, 0.1) is 25.4 Å². The highest BCUT2D eigenvalue weighted by molar-refractivity contribution is 5.69.